The zero-order chi connectivity index (χ0) is 16.1. The first kappa shape index (κ1) is 14.7. The van der Waals surface area contributed by atoms with E-state index >= 15 is 0 Å². The fourth-order valence-electron chi connectivity index (χ4n) is 2.21. The number of para-hydroxylation sites is 1. The van der Waals surface area contributed by atoms with Gasteiger partial charge in [-0.15, -0.1) is 0 Å². The molecule has 112 valence electrons. The van der Waals surface area contributed by atoms with E-state index in [2.05, 4.69) is 10.3 Å². The molecule has 2 aromatic carbocycles. The standard InChI is InChI=1S/C19H14N2O2/c22-18(17-12-6-7-13-20-17)15-10-4-5-11-16(15)21-19(23)14-8-2-1-3-9-14/h1-13H,(H,21,23). The van der Waals surface area contributed by atoms with Crippen molar-refractivity contribution < 1.29 is 9.59 Å². The number of rotatable bonds is 4. The molecular formula is C19H14N2O2. The molecule has 0 bridgehead atoms. The minimum Gasteiger partial charge on any atom is -0.321 e. The number of carbonyl (C=O) groups excluding carboxylic acids is 2. The summed E-state index contributed by atoms with van der Waals surface area (Å²) in [6, 6.07) is 20.9. The van der Waals surface area contributed by atoms with Crippen LogP contribution in [0.2, 0.25) is 0 Å². The minimum atomic E-state index is -0.258. The molecule has 23 heavy (non-hydrogen) atoms. The van der Waals surface area contributed by atoms with Gasteiger partial charge < -0.3 is 5.32 Å². The summed E-state index contributed by atoms with van der Waals surface area (Å²) < 4.78 is 0. The predicted octanol–water partition coefficient (Wildman–Crippen LogP) is 3.56. The van der Waals surface area contributed by atoms with Crippen molar-refractivity contribution in [2.24, 2.45) is 0 Å². The van der Waals surface area contributed by atoms with Crippen LogP contribution in [0.15, 0.2) is 79.0 Å². The number of benzene rings is 2. The molecule has 4 heteroatoms. The van der Waals surface area contributed by atoms with Gasteiger partial charge in [0, 0.05) is 17.3 Å². The van der Waals surface area contributed by atoms with Crippen molar-refractivity contribution in [3.63, 3.8) is 0 Å². The van der Waals surface area contributed by atoms with Gasteiger partial charge in [-0.2, -0.15) is 0 Å². The zero-order valence-corrected chi connectivity index (χ0v) is 12.3. The van der Waals surface area contributed by atoms with E-state index in [0.29, 0.717) is 22.5 Å². The SMILES string of the molecule is O=C(Nc1ccccc1C(=O)c1ccccn1)c1ccccc1. The molecule has 1 amide bonds. The van der Waals surface area contributed by atoms with Gasteiger partial charge >= 0.3 is 0 Å². The highest BCUT2D eigenvalue weighted by Crippen LogP contribution is 2.19. The van der Waals surface area contributed by atoms with Crippen LogP contribution in [0.4, 0.5) is 5.69 Å². The molecule has 0 saturated carbocycles. The Labute approximate surface area is 133 Å². The average molecular weight is 302 g/mol. The van der Waals surface area contributed by atoms with E-state index in [1.807, 2.05) is 6.07 Å². The summed E-state index contributed by atoms with van der Waals surface area (Å²) in [5.74, 6) is -0.485. The van der Waals surface area contributed by atoms with Gasteiger partial charge in [0.05, 0.1) is 5.69 Å². The molecule has 0 unspecified atom stereocenters. The van der Waals surface area contributed by atoms with Crippen LogP contribution in [0.5, 0.6) is 0 Å². The monoisotopic (exact) mass is 302 g/mol. The lowest BCUT2D eigenvalue weighted by Crippen LogP contribution is -2.15. The van der Waals surface area contributed by atoms with Crippen molar-refractivity contribution in [3.8, 4) is 0 Å². The second kappa shape index (κ2) is 6.66. The Morgan fingerprint density at radius 2 is 1.48 bits per heavy atom. The van der Waals surface area contributed by atoms with Gasteiger partial charge in [0.1, 0.15) is 5.69 Å². The van der Waals surface area contributed by atoms with Gasteiger partial charge in [-0.3, -0.25) is 14.6 Å². The van der Waals surface area contributed by atoms with Gasteiger partial charge in [-0.05, 0) is 36.4 Å². The number of nitrogens with zero attached hydrogens (tertiary/aromatic N) is 1. The van der Waals surface area contributed by atoms with Crippen molar-refractivity contribution in [1.29, 1.82) is 0 Å². The van der Waals surface area contributed by atoms with Crippen LogP contribution < -0.4 is 5.32 Å². The van der Waals surface area contributed by atoms with Crippen LogP contribution in [0, 0.1) is 0 Å². The maximum absolute atomic E-state index is 12.6. The summed E-state index contributed by atoms with van der Waals surface area (Å²) in [5, 5.41) is 2.79. The molecule has 0 spiro atoms. The molecule has 3 rings (SSSR count). The van der Waals surface area contributed by atoms with Crippen LogP contribution in [-0.2, 0) is 0 Å². The zero-order valence-electron chi connectivity index (χ0n) is 12.3. The predicted molar refractivity (Wildman–Crippen MR) is 88.5 cm³/mol. The molecule has 0 fully saturated rings. The first-order chi connectivity index (χ1) is 11.3. The van der Waals surface area contributed by atoms with Gasteiger partial charge in [-0.25, -0.2) is 0 Å². The molecule has 0 aliphatic heterocycles. The Morgan fingerprint density at radius 1 is 0.783 bits per heavy atom. The van der Waals surface area contributed by atoms with E-state index in [0.717, 1.165) is 0 Å². The van der Waals surface area contributed by atoms with E-state index in [4.69, 9.17) is 0 Å². The van der Waals surface area contributed by atoms with E-state index in [1.165, 1.54) is 0 Å². The molecule has 0 aliphatic rings. The van der Waals surface area contributed by atoms with Crippen molar-refractivity contribution in [2.45, 2.75) is 0 Å². The third-order valence-corrected chi connectivity index (χ3v) is 3.35. The summed E-state index contributed by atoms with van der Waals surface area (Å²) in [5.41, 5.74) is 1.76. The summed E-state index contributed by atoms with van der Waals surface area (Å²) in [6.07, 6.45) is 1.57. The highest BCUT2D eigenvalue weighted by Gasteiger charge is 2.16. The Bertz CT molecular complexity index is 830. The Balaban J connectivity index is 1.90. The van der Waals surface area contributed by atoms with Crippen LogP contribution in [0.1, 0.15) is 26.4 Å². The Morgan fingerprint density at radius 3 is 2.22 bits per heavy atom. The number of ketones is 1. The first-order valence-electron chi connectivity index (χ1n) is 7.17. The van der Waals surface area contributed by atoms with Crippen molar-refractivity contribution in [3.05, 3.63) is 95.8 Å². The van der Waals surface area contributed by atoms with Gasteiger partial charge in [-0.1, -0.05) is 36.4 Å². The number of pyridine rings is 1. The fraction of sp³-hybridized carbons (Fsp3) is 0. The largest absolute Gasteiger partial charge is 0.321 e. The van der Waals surface area contributed by atoms with Crippen molar-refractivity contribution in [1.82, 2.24) is 4.98 Å². The number of hydrogen-bond acceptors (Lipinski definition) is 3. The van der Waals surface area contributed by atoms with Crippen molar-refractivity contribution >= 4 is 17.4 Å². The summed E-state index contributed by atoms with van der Waals surface area (Å²) in [4.78, 5) is 28.9. The summed E-state index contributed by atoms with van der Waals surface area (Å²) >= 11 is 0. The molecular weight excluding hydrogens is 288 g/mol. The van der Waals surface area contributed by atoms with Crippen LogP contribution in [0.3, 0.4) is 0 Å². The van der Waals surface area contributed by atoms with Crippen LogP contribution in [-0.4, -0.2) is 16.7 Å². The maximum Gasteiger partial charge on any atom is 0.255 e. The quantitative estimate of drug-likeness (QED) is 0.750. The van der Waals surface area contributed by atoms with Gasteiger partial charge in [0.15, 0.2) is 0 Å². The number of nitrogens with one attached hydrogen (secondary N) is 1. The Hall–Kier alpha value is -3.27. The molecule has 3 aromatic rings. The average Bonchev–Trinajstić information content (AvgIpc) is 2.63. The molecule has 1 N–H and O–H groups in total. The fourth-order valence-corrected chi connectivity index (χ4v) is 2.21. The Kier molecular flexibility index (Phi) is 4.25. The lowest BCUT2D eigenvalue weighted by molar-refractivity contribution is 0.102. The topological polar surface area (TPSA) is 59.1 Å². The summed E-state index contributed by atoms with van der Waals surface area (Å²) in [6.45, 7) is 0. The number of anilines is 1. The summed E-state index contributed by atoms with van der Waals surface area (Å²) in [7, 11) is 0. The lowest BCUT2D eigenvalue weighted by Gasteiger charge is -2.10. The van der Waals surface area contributed by atoms with E-state index < -0.39 is 0 Å². The number of aromatic nitrogens is 1. The molecule has 0 radical (unpaired) electrons. The number of hydrogen-bond donors (Lipinski definition) is 1. The highest BCUT2D eigenvalue weighted by molar-refractivity contribution is 6.14. The first-order valence-corrected chi connectivity index (χ1v) is 7.17. The molecule has 4 nitrogen and oxygen atoms in total. The minimum absolute atomic E-state index is 0.227. The molecule has 1 aromatic heterocycles. The highest BCUT2D eigenvalue weighted by atomic mass is 16.1. The van der Waals surface area contributed by atoms with Gasteiger partial charge in [0.25, 0.3) is 5.91 Å². The number of amides is 1. The van der Waals surface area contributed by atoms with E-state index in [1.54, 1.807) is 72.9 Å². The molecule has 0 atom stereocenters. The third kappa shape index (κ3) is 3.32. The maximum atomic E-state index is 12.6. The smallest absolute Gasteiger partial charge is 0.255 e. The molecule has 1 heterocycles. The molecule has 0 saturated heterocycles. The van der Waals surface area contributed by atoms with E-state index in [-0.39, 0.29) is 11.7 Å². The van der Waals surface area contributed by atoms with Crippen LogP contribution in [0.25, 0.3) is 0 Å². The van der Waals surface area contributed by atoms with Crippen molar-refractivity contribution in [2.75, 3.05) is 5.32 Å². The normalized spacial score (nSPS) is 10.1. The van der Waals surface area contributed by atoms with E-state index in [9.17, 15) is 9.59 Å². The number of carbonyl (C=O) groups is 2. The lowest BCUT2D eigenvalue weighted by atomic mass is 10.0. The second-order valence-corrected chi connectivity index (χ2v) is 4.91. The van der Waals surface area contributed by atoms with Crippen LogP contribution >= 0.6 is 0 Å². The second-order valence-electron chi connectivity index (χ2n) is 4.91. The van der Waals surface area contributed by atoms with Gasteiger partial charge in [0.2, 0.25) is 5.78 Å². The molecule has 0 aliphatic carbocycles. The third-order valence-electron chi connectivity index (χ3n) is 3.35.